The second kappa shape index (κ2) is 6.58. The number of allylic oxidation sites excluding steroid dienone is 2. The zero-order valence-electron chi connectivity index (χ0n) is 11.3. The summed E-state index contributed by atoms with van der Waals surface area (Å²) >= 11 is 0. The van der Waals surface area contributed by atoms with Gasteiger partial charge >= 0.3 is 0 Å². The Morgan fingerprint density at radius 3 is 2.00 bits per heavy atom. The molecular formula is C19H18. The van der Waals surface area contributed by atoms with E-state index < -0.39 is 0 Å². The molecule has 0 saturated heterocycles. The third-order valence-corrected chi connectivity index (χ3v) is 3.02. The molecule has 0 heterocycles. The minimum atomic E-state index is 0.828. The number of benzene rings is 2. The van der Waals surface area contributed by atoms with Gasteiger partial charge in [-0.2, -0.15) is 0 Å². The monoisotopic (exact) mass is 246 g/mol. The second-order valence-corrected chi connectivity index (χ2v) is 4.45. The van der Waals surface area contributed by atoms with Gasteiger partial charge in [0.2, 0.25) is 0 Å². The van der Waals surface area contributed by atoms with Crippen LogP contribution in [-0.4, -0.2) is 0 Å². The minimum absolute atomic E-state index is 0.828. The van der Waals surface area contributed by atoms with Crippen LogP contribution in [0.2, 0.25) is 0 Å². The molecule has 0 aliphatic rings. The molecule has 0 unspecified atom stereocenters. The SMILES string of the molecule is C=CCC(=C=C(C)c1ccccc1)c1ccccc1. The van der Waals surface area contributed by atoms with E-state index in [0.29, 0.717) is 0 Å². The molecule has 0 atom stereocenters. The lowest BCUT2D eigenvalue weighted by Gasteiger charge is -2.03. The van der Waals surface area contributed by atoms with E-state index in [9.17, 15) is 0 Å². The van der Waals surface area contributed by atoms with Crippen LogP contribution in [0.3, 0.4) is 0 Å². The summed E-state index contributed by atoms with van der Waals surface area (Å²) in [5.41, 5.74) is 8.26. The van der Waals surface area contributed by atoms with Crippen LogP contribution >= 0.6 is 0 Å². The van der Waals surface area contributed by atoms with Crippen LogP contribution in [0.25, 0.3) is 11.1 Å². The van der Waals surface area contributed by atoms with Gasteiger partial charge in [0, 0.05) is 5.57 Å². The molecule has 0 bridgehead atoms. The van der Waals surface area contributed by atoms with E-state index in [4.69, 9.17) is 0 Å². The normalized spacial score (nSPS) is 9.53. The average molecular weight is 246 g/mol. The molecule has 0 amide bonds. The first-order valence-corrected chi connectivity index (χ1v) is 6.49. The summed E-state index contributed by atoms with van der Waals surface area (Å²) in [6.07, 6.45) is 2.75. The Morgan fingerprint density at radius 2 is 1.47 bits per heavy atom. The topological polar surface area (TPSA) is 0 Å². The van der Waals surface area contributed by atoms with E-state index in [-0.39, 0.29) is 0 Å². The molecule has 94 valence electrons. The van der Waals surface area contributed by atoms with Crippen molar-refractivity contribution in [1.82, 2.24) is 0 Å². The van der Waals surface area contributed by atoms with Gasteiger partial charge in [-0.1, -0.05) is 66.7 Å². The molecule has 0 N–H and O–H groups in total. The highest BCUT2D eigenvalue weighted by atomic mass is 14.0. The highest BCUT2D eigenvalue weighted by Crippen LogP contribution is 2.20. The van der Waals surface area contributed by atoms with E-state index in [0.717, 1.165) is 12.0 Å². The number of hydrogen-bond acceptors (Lipinski definition) is 0. The van der Waals surface area contributed by atoms with Gasteiger partial charge in [0.05, 0.1) is 0 Å². The number of hydrogen-bond donors (Lipinski definition) is 0. The zero-order chi connectivity index (χ0) is 13.5. The lowest BCUT2D eigenvalue weighted by atomic mass is 10.0. The van der Waals surface area contributed by atoms with Gasteiger partial charge in [-0.3, -0.25) is 0 Å². The summed E-state index contributed by atoms with van der Waals surface area (Å²) in [5, 5.41) is 0. The Balaban J connectivity index is 2.49. The van der Waals surface area contributed by atoms with E-state index >= 15 is 0 Å². The lowest BCUT2D eigenvalue weighted by molar-refractivity contribution is 1.40. The quantitative estimate of drug-likeness (QED) is 0.504. The Labute approximate surface area is 115 Å². The molecule has 2 rings (SSSR count). The third kappa shape index (κ3) is 3.58. The van der Waals surface area contributed by atoms with E-state index in [1.807, 2.05) is 18.2 Å². The second-order valence-electron chi connectivity index (χ2n) is 4.45. The summed E-state index contributed by atoms with van der Waals surface area (Å²) in [6.45, 7) is 5.93. The summed E-state index contributed by atoms with van der Waals surface area (Å²) in [4.78, 5) is 0. The van der Waals surface area contributed by atoms with Crippen molar-refractivity contribution in [1.29, 1.82) is 0 Å². The molecule has 0 spiro atoms. The first kappa shape index (κ1) is 13.1. The van der Waals surface area contributed by atoms with E-state index in [2.05, 4.69) is 67.8 Å². The fourth-order valence-electron chi connectivity index (χ4n) is 2.01. The van der Waals surface area contributed by atoms with Crippen LogP contribution in [0.4, 0.5) is 0 Å². The Kier molecular flexibility index (Phi) is 4.55. The molecular weight excluding hydrogens is 228 g/mol. The molecule has 0 radical (unpaired) electrons. The van der Waals surface area contributed by atoms with Crippen LogP contribution < -0.4 is 0 Å². The highest BCUT2D eigenvalue weighted by molar-refractivity contribution is 5.74. The van der Waals surface area contributed by atoms with Gasteiger partial charge < -0.3 is 0 Å². The summed E-state index contributed by atoms with van der Waals surface area (Å²) in [7, 11) is 0. The molecule has 0 heteroatoms. The maximum atomic E-state index is 3.84. The molecule has 2 aromatic carbocycles. The fraction of sp³-hybridized carbons (Fsp3) is 0.105. The van der Waals surface area contributed by atoms with Gasteiger partial charge in [-0.25, -0.2) is 0 Å². The predicted octanol–water partition coefficient (Wildman–Crippen LogP) is 5.35. The van der Waals surface area contributed by atoms with Crippen LogP contribution in [-0.2, 0) is 0 Å². The molecule has 2 aromatic rings. The molecule has 0 aromatic heterocycles. The first-order valence-electron chi connectivity index (χ1n) is 6.49. The van der Waals surface area contributed by atoms with E-state index in [1.165, 1.54) is 16.7 Å². The molecule has 19 heavy (non-hydrogen) atoms. The van der Waals surface area contributed by atoms with Gasteiger partial charge in [-0.15, -0.1) is 12.3 Å². The van der Waals surface area contributed by atoms with Crippen LogP contribution in [0.5, 0.6) is 0 Å². The van der Waals surface area contributed by atoms with Crippen molar-refractivity contribution in [3.63, 3.8) is 0 Å². The first-order chi connectivity index (χ1) is 9.31. The van der Waals surface area contributed by atoms with Gasteiger partial charge in [0.1, 0.15) is 0 Å². The van der Waals surface area contributed by atoms with Crippen molar-refractivity contribution in [3.8, 4) is 0 Å². The Bertz CT molecular complexity index is 597. The summed E-state index contributed by atoms with van der Waals surface area (Å²) in [6, 6.07) is 20.7. The van der Waals surface area contributed by atoms with Gasteiger partial charge in [0.15, 0.2) is 0 Å². The van der Waals surface area contributed by atoms with Gasteiger partial charge in [-0.05, 0) is 30.0 Å². The molecule has 0 aliphatic carbocycles. The largest absolute Gasteiger partial charge is 0.113 e. The van der Waals surface area contributed by atoms with Crippen molar-refractivity contribution in [2.24, 2.45) is 0 Å². The lowest BCUT2D eigenvalue weighted by Crippen LogP contribution is -1.82. The minimum Gasteiger partial charge on any atom is -0.113 e. The maximum absolute atomic E-state index is 3.84. The smallest absolute Gasteiger partial charge is 0.00526 e. The third-order valence-electron chi connectivity index (χ3n) is 3.02. The molecule has 0 nitrogen and oxygen atoms in total. The zero-order valence-corrected chi connectivity index (χ0v) is 11.3. The Hall–Kier alpha value is -2.30. The van der Waals surface area contributed by atoms with Crippen molar-refractivity contribution in [3.05, 3.63) is 90.2 Å². The van der Waals surface area contributed by atoms with Crippen molar-refractivity contribution in [2.75, 3.05) is 0 Å². The maximum Gasteiger partial charge on any atom is 0.00526 e. The fourth-order valence-corrected chi connectivity index (χ4v) is 2.01. The van der Waals surface area contributed by atoms with E-state index in [1.54, 1.807) is 0 Å². The van der Waals surface area contributed by atoms with Crippen LogP contribution in [0, 0.1) is 0 Å². The summed E-state index contributed by atoms with van der Waals surface area (Å²) in [5.74, 6) is 0. The molecule has 0 saturated carbocycles. The number of rotatable bonds is 4. The highest BCUT2D eigenvalue weighted by Gasteiger charge is 1.99. The van der Waals surface area contributed by atoms with Gasteiger partial charge in [0.25, 0.3) is 0 Å². The van der Waals surface area contributed by atoms with Crippen molar-refractivity contribution < 1.29 is 0 Å². The van der Waals surface area contributed by atoms with Crippen LogP contribution in [0.1, 0.15) is 24.5 Å². The van der Waals surface area contributed by atoms with Crippen LogP contribution in [0.15, 0.2) is 79.0 Å². The predicted molar refractivity (Wildman–Crippen MR) is 83.7 cm³/mol. The summed E-state index contributed by atoms with van der Waals surface area (Å²) < 4.78 is 0. The molecule has 0 aliphatic heterocycles. The van der Waals surface area contributed by atoms with Crippen molar-refractivity contribution >= 4 is 11.1 Å². The van der Waals surface area contributed by atoms with Crippen molar-refractivity contribution in [2.45, 2.75) is 13.3 Å². The average Bonchev–Trinajstić information content (AvgIpc) is 2.48. The molecule has 0 fully saturated rings. The standard InChI is InChI=1S/C19H18/c1-3-10-19(18-13-8-5-9-14-18)15-16(2)17-11-6-4-7-12-17/h3-9,11-14H,1,10H2,2H3. The Morgan fingerprint density at radius 1 is 0.947 bits per heavy atom.